The number of pyridine rings is 1. The highest BCUT2D eigenvalue weighted by Crippen LogP contribution is 2.25. The molecule has 0 aliphatic carbocycles. The predicted molar refractivity (Wildman–Crippen MR) is 114 cm³/mol. The molecular weight excluding hydrogens is 382 g/mol. The summed E-state index contributed by atoms with van der Waals surface area (Å²) in [7, 11) is 0. The van der Waals surface area contributed by atoms with Gasteiger partial charge in [0.25, 0.3) is 11.8 Å². The van der Waals surface area contributed by atoms with Crippen molar-refractivity contribution in [2.24, 2.45) is 11.1 Å². The average Bonchev–Trinajstić information content (AvgIpc) is 2.81. The van der Waals surface area contributed by atoms with Gasteiger partial charge in [-0.1, -0.05) is 30.3 Å². The molecule has 30 heavy (non-hydrogen) atoms. The van der Waals surface area contributed by atoms with Crippen molar-refractivity contribution in [2.45, 2.75) is 38.6 Å². The van der Waals surface area contributed by atoms with E-state index in [1.807, 2.05) is 18.2 Å². The second-order valence-electron chi connectivity index (χ2n) is 7.59. The number of nitroso groups, excluding NO2 is 1. The SMILES string of the molecule is O=NC(=O)CCCC1CCN(Cc2ccccc2)CC1.c1cnc2c(c1)OCCO2. The van der Waals surface area contributed by atoms with E-state index in [4.69, 9.17) is 9.47 Å². The van der Waals surface area contributed by atoms with Gasteiger partial charge in [-0.3, -0.25) is 9.69 Å². The molecule has 0 N–H and O–H groups in total. The third-order valence-corrected chi connectivity index (χ3v) is 5.38. The molecule has 0 atom stereocenters. The number of rotatable bonds is 6. The molecule has 2 aliphatic heterocycles. The lowest BCUT2D eigenvalue weighted by Crippen LogP contribution is -2.33. The smallest absolute Gasteiger partial charge is 0.286 e. The van der Waals surface area contributed by atoms with Gasteiger partial charge in [-0.15, -0.1) is 4.91 Å². The first kappa shape index (κ1) is 21.9. The Morgan fingerprint density at radius 2 is 1.83 bits per heavy atom. The summed E-state index contributed by atoms with van der Waals surface area (Å²) in [5.41, 5.74) is 1.37. The van der Waals surface area contributed by atoms with Crippen LogP contribution in [0.15, 0.2) is 53.8 Å². The highest BCUT2D eigenvalue weighted by molar-refractivity contribution is 5.76. The van der Waals surface area contributed by atoms with Crippen molar-refractivity contribution >= 4 is 5.91 Å². The van der Waals surface area contributed by atoms with Crippen molar-refractivity contribution in [3.05, 3.63) is 59.1 Å². The number of fused-ring (bicyclic) bond motifs is 1. The zero-order valence-corrected chi connectivity index (χ0v) is 17.2. The number of aromatic nitrogens is 1. The minimum absolute atomic E-state index is 0.313. The Morgan fingerprint density at radius 1 is 1.07 bits per heavy atom. The molecule has 160 valence electrons. The Morgan fingerprint density at radius 3 is 2.57 bits per heavy atom. The predicted octanol–water partition coefficient (Wildman–Crippen LogP) is 4.21. The molecule has 1 saturated heterocycles. The van der Waals surface area contributed by atoms with Crippen LogP contribution in [0.4, 0.5) is 0 Å². The Hall–Kier alpha value is -2.80. The van der Waals surface area contributed by atoms with Gasteiger partial charge >= 0.3 is 0 Å². The van der Waals surface area contributed by atoms with Gasteiger partial charge in [0.15, 0.2) is 5.75 Å². The van der Waals surface area contributed by atoms with E-state index in [0.29, 0.717) is 31.4 Å². The van der Waals surface area contributed by atoms with E-state index in [9.17, 15) is 9.70 Å². The topological polar surface area (TPSA) is 81.1 Å². The van der Waals surface area contributed by atoms with Crippen molar-refractivity contribution in [1.82, 2.24) is 9.88 Å². The molecule has 0 spiro atoms. The van der Waals surface area contributed by atoms with E-state index < -0.39 is 5.91 Å². The van der Waals surface area contributed by atoms with Crippen molar-refractivity contribution < 1.29 is 14.3 Å². The van der Waals surface area contributed by atoms with Gasteiger partial charge in [-0.25, -0.2) is 4.98 Å². The van der Waals surface area contributed by atoms with Crippen LogP contribution in [0.3, 0.4) is 0 Å². The zero-order chi connectivity index (χ0) is 21.0. The summed E-state index contributed by atoms with van der Waals surface area (Å²) in [5, 5.41) is 2.43. The molecule has 2 aliphatic rings. The van der Waals surface area contributed by atoms with Crippen LogP contribution < -0.4 is 9.47 Å². The number of piperidine rings is 1. The molecule has 0 saturated carbocycles. The van der Waals surface area contributed by atoms with Crippen molar-refractivity contribution in [2.75, 3.05) is 26.3 Å². The largest absolute Gasteiger partial charge is 0.484 e. The third-order valence-electron chi connectivity index (χ3n) is 5.38. The van der Waals surface area contributed by atoms with E-state index >= 15 is 0 Å². The van der Waals surface area contributed by atoms with Gasteiger partial charge < -0.3 is 9.47 Å². The van der Waals surface area contributed by atoms with E-state index in [-0.39, 0.29) is 0 Å². The maximum absolute atomic E-state index is 10.8. The Bertz CT molecular complexity index is 767. The summed E-state index contributed by atoms with van der Waals surface area (Å²) in [6, 6.07) is 14.2. The summed E-state index contributed by atoms with van der Waals surface area (Å²) < 4.78 is 10.4. The number of likely N-dealkylation sites (tertiary alicyclic amines) is 1. The first-order chi connectivity index (χ1) is 14.7. The molecule has 1 amide bonds. The molecule has 1 aromatic carbocycles. The van der Waals surface area contributed by atoms with Crippen LogP contribution in [0.5, 0.6) is 11.6 Å². The molecule has 2 aromatic rings. The van der Waals surface area contributed by atoms with Gasteiger partial charge in [-0.2, -0.15) is 0 Å². The van der Waals surface area contributed by atoms with Crippen LogP contribution in [0, 0.1) is 10.8 Å². The van der Waals surface area contributed by atoms with E-state index in [2.05, 4.69) is 39.3 Å². The highest BCUT2D eigenvalue weighted by atomic mass is 16.6. The van der Waals surface area contributed by atoms with Crippen molar-refractivity contribution in [1.29, 1.82) is 0 Å². The maximum atomic E-state index is 10.8. The molecule has 7 nitrogen and oxygen atoms in total. The highest BCUT2D eigenvalue weighted by Gasteiger charge is 2.19. The van der Waals surface area contributed by atoms with Crippen LogP contribution in [-0.4, -0.2) is 42.1 Å². The first-order valence-electron chi connectivity index (χ1n) is 10.6. The van der Waals surface area contributed by atoms with Crippen LogP contribution in [0.2, 0.25) is 0 Å². The zero-order valence-electron chi connectivity index (χ0n) is 17.2. The minimum atomic E-state index is -0.508. The minimum Gasteiger partial charge on any atom is -0.484 e. The quantitative estimate of drug-likeness (QED) is 0.662. The molecule has 4 rings (SSSR count). The average molecular weight is 412 g/mol. The fourth-order valence-corrected chi connectivity index (χ4v) is 3.75. The van der Waals surface area contributed by atoms with E-state index in [0.717, 1.165) is 38.2 Å². The lowest BCUT2D eigenvalue weighted by atomic mass is 9.91. The molecule has 0 bridgehead atoms. The first-order valence-corrected chi connectivity index (χ1v) is 10.6. The molecule has 3 heterocycles. The van der Waals surface area contributed by atoms with Gasteiger partial charge in [0.1, 0.15) is 13.2 Å². The van der Waals surface area contributed by atoms with E-state index in [1.165, 1.54) is 18.4 Å². The van der Waals surface area contributed by atoms with Crippen LogP contribution in [0.25, 0.3) is 0 Å². The number of amides is 1. The summed E-state index contributed by atoms with van der Waals surface area (Å²) >= 11 is 0. The van der Waals surface area contributed by atoms with Crippen LogP contribution in [0.1, 0.15) is 37.7 Å². The summed E-state index contributed by atoms with van der Waals surface area (Å²) in [4.78, 5) is 27.3. The Balaban J connectivity index is 0.000000212. The molecule has 1 aromatic heterocycles. The van der Waals surface area contributed by atoms with E-state index in [1.54, 1.807) is 6.20 Å². The number of hydrogen-bond donors (Lipinski definition) is 0. The molecule has 0 unspecified atom stereocenters. The number of benzene rings is 1. The lowest BCUT2D eigenvalue weighted by Gasteiger charge is -2.32. The fraction of sp³-hybridized carbons (Fsp3) is 0.478. The summed E-state index contributed by atoms with van der Waals surface area (Å²) in [6.45, 7) is 4.50. The molecular formula is C23H29N3O4. The standard InChI is InChI=1S/C16H22N2O2.C7H7NO2/c19-16(17-20)8-4-7-14-9-11-18(12-10-14)13-15-5-2-1-3-6-15;1-2-6-7(8-3-1)10-5-4-9-6/h1-3,5-6,14H,4,7-13H2;1-3H,4-5H2. The van der Waals surface area contributed by atoms with Crippen molar-refractivity contribution in [3.8, 4) is 11.6 Å². The van der Waals surface area contributed by atoms with Gasteiger partial charge in [0.05, 0.1) is 0 Å². The van der Waals surface area contributed by atoms with Gasteiger partial charge in [-0.05, 0) is 62.4 Å². The number of carbonyl (C=O) groups is 1. The van der Waals surface area contributed by atoms with Gasteiger partial charge in [0.2, 0.25) is 0 Å². The maximum Gasteiger partial charge on any atom is 0.286 e. The Labute approximate surface area is 177 Å². The second kappa shape index (κ2) is 12.0. The number of nitrogens with zero attached hydrogens (tertiary/aromatic N) is 3. The van der Waals surface area contributed by atoms with Crippen LogP contribution in [-0.2, 0) is 11.3 Å². The molecule has 7 heteroatoms. The number of carbonyl (C=O) groups excluding carboxylic acids is 1. The summed E-state index contributed by atoms with van der Waals surface area (Å²) in [5.74, 6) is 1.54. The monoisotopic (exact) mass is 411 g/mol. The number of hydrogen-bond acceptors (Lipinski definition) is 6. The lowest BCUT2D eigenvalue weighted by molar-refractivity contribution is -0.118. The summed E-state index contributed by atoms with van der Waals surface area (Å²) in [6.07, 6.45) is 6.22. The third kappa shape index (κ3) is 7.22. The van der Waals surface area contributed by atoms with Crippen molar-refractivity contribution in [3.63, 3.8) is 0 Å². The fourth-order valence-electron chi connectivity index (χ4n) is 3.75. The normalized spacial score (nSPS) is 16.3. The number of ether oxygens (including phenoxy) is 2. The second-order valence-corrected chi connectivity index (χ2v) is 7.59. The van der Waals surface area contributed by atoms with Crippen LogP contribution >= 0.6 is 0 Å². The molecule has 0 radical (unpaired) electrons. The Kier molecular flexibility index (Phi) is 8.78. The van der Waals surface area contributed by atoms with Gasteiger partial charge in [0, 0.05) is 24.3 Å². The molecule has 1 fully saturated rings.